The van der Waals surface area contributed by atoms with Crippen LogP contribution in [0.4, 0.5) is 0 Å². The van der Waals surface area contributed by atoms with Crippen LogP contribution in [0.5, 0.6) is 5.75 Å². The van der Waals surface area contributed by atoms with Gasteiger partial charge in [0.2, 0.25) is 5.91 Å². The van der Waals surface area contributed by atoms with Crippen molar-refractivity contribution in [1.29, 1.82) is 0 Å². The highest BCUT2D eigenvalue weighted by Crippen LogP contribution is 2.31. The first-order chi connectivity index (χ1) is 12.7. The Morgan fingerprint density at radius 1 is 1.19 bits per heavy atom. The number of carbonyl (C=O) groups excluding carboxylic acids is 1. The second kappa shape index (κ2) is 9.38. The Kier molecular flexibility index (Phi) is 6.92. The van der Waals surface area contributed by atoms with Crippen molar-refractivity contribution < 1.29 is 9.53 Å². The SMILES string of the molecule is COc1ccc(CN2CCC(CNC(=O)[C@@H]3CCC[C@@H]3CN)CC2)cc1. The summed E-state index contributed by atoms with van der Waals surface area (Å²) in [6.45, 7) is 4.65. The van der Waals surface area contributed by atoms with Gasteiger partial charge in [0.05, 0.1) is 7.11 Å². The zero-order chi connectivity index (χ0) is 18.4. The molecule has 3 N–H and O–H groups in total. The summed E-state index contributed by atoms with van der Waals surface area (Å²) in [7, 11) is 1.70. The first kappa shape index (κ1) is 19.2. The third kappa shape index (κ3) is 4.98. The molecular weight excluding hydrogens is 326 g/mol. The number of ether oxygens (including phenoxy) is 1. The number of hydrogen-bond donors (Lipinski definition) is 2. The van der Waals surface area contributed by atoms with Gasteiger partial charge in [-0.2, -0.15) is 0 Å². The van der Waals surface area contributed by atoms with Crippen molar-refractivity contribution in [2.75, 3.05) is 33.3 Å². The number of piperidine rings is 1. The third-order valence-corrected chi connectivity index (χ3v) is 6.14. The molecule has 1 saturated heterocycles. The fraction of sp³-hybridized carbons (Fsp3) is 0.667. The topological polar surface area (TPSA) is 67.6 Å². The third-order valence-electron chi connectivity index (χ3n) is 6.14. The van der Waals surface area contributed by atoms with Crippen LogP contribution >= 0.6 is 0 Å². The zero-order valence-corrected chi connectivity index (χ0v) is 16.0. The lowest BCUT2D eigenvalue weighted by atomic mass is 9.93. The van der Waals surface area contributed by atoms with Crippen molar-refractivity contribution in [3.05, 3.63) is 29.8 Å². The quantitative estimate of drug-likeness (QED) is 0.784. The largest absolute Gasteiger partial charge is 0.497 e. The molecule has 1 amide bonds. The van der Waals surface area contributed by atoms with Crippen LogP contribution in [0.3, 0.4) is 0 Å². The Bertz CT molecular complexity index is 567. The number of hydrogen-bond acceptors (Lipinski definition) is 4. The molecular formula is C21H33N3O2. The van der Waals surface area contributed by atoms with Crippen molar-refractivity contribution in [2.45, 2.75) is 38.6 Å². The highest BCUT2D eigenvalue weighted by molar-refractivity contribution is 5.79. The van der Waals surface area contributed by atoms with Gasteiger partial charge in [-0.25, -0.2) is 0 Å². The van der Waals surface area contributed by atoms with Crippen LogP contribution < -0.4 is 15.8 Å². The average molecular weight is 360 g/mol. The van der Waals surface area contributed by atoms with Gasteiger partial charge in [0.25, 0.3) is 0 Å². The fourth-order valence-electron chi connectivity index (χ4n) is 4.38. The van der Waals surface area contributed by atoms with Gasteiger partial charge in [0.1, 0.15) is 5.75 Å². The number of methoxy groups -OCH3 is 1. The molecule has 1 aliphatic carbocycles. The van der Waals surface area contributed by atoms with E-state index in [1.807, 2.05) is 12.1 Å². The van der Waals surface area contributed by atoms with E-state index in [1.54, 1.807) is 7.11 Å². The summed E-state index contributed by atoms with van der Waals surface area (Å²) in [6.07, 6.45) is 5.57. The molecule has 1 aliphatic heterocycles. The normalized spacial score (nSPS) is 24.5. The number of rotatable bonds is 7. The maximum atomic E-state index is 12.4. The summed E-state index contributed by atoms with van der Waals surface area (Å²) < 4.78 is 5.21. The summed E-state index contributed by atoms with van der Waals surface area (Å²) in [6, 6.07) is 8.33. The van der Waals surface area contributed by atoms with Crippen LogP contribution in [0, 0.1) is 17.8 Å². The molecule has 3 rings (SSSR count). The monoisotopic (exact) mass is 359 g/mol. The predicted octanol–water partition coefficient (Wildman–Crippen LogP) is 2.40. The summed E-state index contributed by atoms with van der Waals surface area (Å²) in [5.41, 5.74) is 7.13. The Hall–Kier alpha value is -1.59. The second-order valence-corrected chi connectivity index (χ2v) is 7.85. The lowest BCUT2D eigenvalue weighted by molar-refractivity contribution is -0.126. The van der Waals surface area contributed by atoms with Crippen LogP contribution in [0.2, 0.25) is 0 Å². The van der Waals surface area contributed by atoms with Gasteiger partial charge in [-0.05, 0) is 74.8 Å². The minimum absolute atomic E-state index is 0.148. The van der Waals surface area contributed by atoms with E-state index in [2.05, 4.69) is 22.3 Å². The first-order valence-electron chi connectivity index (χ1n) is 10.0. The van der Waals surface area contributed by atoms with E-state index in [0.29, 0.717) is 18.4 Å². The smallest absolute Gasteiger partial charge is 0.223 e. The van der Waals surface area contributed by atoms with Crippen LogP contribution in [0.15, 0.2) is 24.3 Å². The van der Waals surface area contributed by atoms with Gasteiger partial charge >= 0.3 is 0 Å². The predicted molar refractivity (Wildman–Crippen MR) is 104 cm³/mol. The number of benzene rings is 1. The summed E-state index contributed by atoms with van der Waals surface area (Å²) in [5, 5.41) is 3.21. The Morgan fingerprint density at radius 3 is 2.58 bits per heavy atom. The zero-order valence-electron chi connectivity index (χ0n) is 16.0. The van der Waals surface area contributed by atoms with Crippen LogP contribution in [-0.4, -0.2) is 44.1 Å². The molecule has 1 heterocycles. The molecule has 2 aliphatic rings. The van der Waals surface area contributed by atoms with Gasteiger partial charge < -0.3 is 15.8 Å². The molecule has 1 aromatic carbocycles. The standard InChI is InChI=1S/C21H33N3O2/c1-26-19-7-5-17(6-8-19)15-24-11-9-16(10-12-24)14-23-21(25)20-4-2-3-18(20)13-22/h5-8,16,18,20H,2-4,9-15,22H2,1H3,(H,23,25)/t18-,20-/m1/s1. The van der Waals surface area contributed by atoms with E-state index in [4.69, 9.17) is 10.5 Å². The van der Waals surface area contributed by atoms with E-state index < -0.39 is 0 Å². The van der Waals surface area contributed by atoms with Gasteiger partial charge in [0, 0.05) is 19.0 Å². The van der Waals surface area contributed by atoms with Gasteiger partial charge in [0.15, 0.2) is 0 Å². The fourth-order valence-corrected chi connectivity index (χ4v) is 4.38. The lowest BCUT2D eigenvalue weighted by Gasteiger charge is -2.32. The molecule has 2 atom stereocenters. The van der Waals surface area contributed by atoms with Crippen LogP contribution in [0.25, 0.3) is 0 Å². The molecule has 0 bridgehead atoms. The molecule has 144 valence electrons. The number of nitrogens with zero attached hydrogens (tertiary/aromatic N) is 1. The maximum absolute atomic E-state index is 12.4. The van der Waals surface area contributed by atoms with Gasteiger partial charge in [-0.1, -0.05) is 18.6 Å². The first-order valence-corrected chi connectivity index (χ1v) is 10.0. The maximum Gasteiger partial charge on any atom is 0.223 e. The number of amides is 1. The number of carbonyl (C=O) groups is 1. The van der Waals surface area contributed by atoms with E-state index in [-0.39, 0.29) is 11.8 Å². The minimum atomic E-state index is 0.148. The Balaban J connectivity index is 1.37. The Labute approximate surface area is 157 Å². The van der Waals surface area contributed by atoms with E-state index in [1.165, 1.54) is 5.56 Å². The van der Waals surface area contributed by atoms with Gasteiger partial charge in [-0.3, -0.25) is 9.69 Å². The molecule has 1 aromatic rings. The molecule has 5 heteroatoms. The number of nitrogens with one attached hydrogen (secondary N) is 1. The molecule has 26 heavy (non-hydrogen) atoms. The molecule has 1 saturated carbocycles. The molecule has 0 radical (unpaired) electrons. The summed E-state index contributed by atoms with van der Waals surface area (Å²) >= 11 is 0. The molecule has 0 spiro atoms. The van der Waals surface area contributed by atoms with Gasteiger partial charge in [-0.15, -0.1) is 0 Å². The summed E-state index contributed by atoms with van der Waals surface area (Å²) in [5.74, 6) is 2.28. The highest BCUT2D eigenvalue weighted by Gasteiger charge is 2.32. The average Bonchev–Trinajstić information content (AvgIpc) is 3.17. The molecule has 2 fully saturated rings. The Morgan fingerprint density at radius 2 is 1.92 bits per heavy atom. The van der Waals surface area contributed by atoms with Crippen molar-refractivity contribution in [3.63, 3.8) is 0 Å². The van der Waals surface area contributed by atoms with E-state index in [9.17, 15) is 4.79 Å². The molecule has 0 aromatic heterocycles. The van der Waals surface area contributed by atoms with Crippen molar-refractivity contribution in [1.82, 2.24) is 10.2 Å². The van der Waals surface area contributed by atoms with E-state index >= 15 is 0 Å². The second-order valence-electron chi connectivity index (χ2n) is 7.85. The van der Waals surface area contributed by atoms with Crippen molar-refractivity contribution in [2.24, 2.45) is 23.5 Å². The van der Waals surface area contributed by atoms with E-state index in [0.717, 1.165) is 64.0 Å². The minimum Gasteiger partial charge on any atom is -0.497 e. The van der Waals surface area contributed by atoms with Crippen molar-refractivity contribution >= 4 is 5.91 Å². The summed E-state index contributed by atoms with van der Waals surface area (Å²) in [4.78, 5) is 14.9. The number of likely N-dealkylation sites (tertiary alicyclic amines) is 1. The van der Waals surface area contributed by atoms with Crippen LogP contribution in [0.1, 0.15) is 37.7 Å². The molecule has 0 unspecified atom stereocenters. The highest BCUT2D eigenvalue weighted by atomic mass is 16.5. The lowest BCUT2D eigenvalue weighted by Crippen LogP contribution is -2.41. The number of nitrogens with two attached hydrogens (primary N) is 1. The van der Waals surface area contributed by atoms with Crippen LogP contribution in [-0.2, 0) is 11.3 Å². The van der Waals surface area contributed by atoms with Crippen molar-refractivity contribution in [3.8, 4) is 5.75 Å². The molecule has 5 nitrogen and oxygen atoms in total.